The first-order valence-electron chi connectivity index (χ1n) is 10.5. The molecule has 1 fully saturated rings. The van der Waals surface area contributed by atoms with E-state index >= 15 is 0 Å². The molecule has 3 aromatic heterocycles. The van der Waals surface area contributed by atoms with Gasteiger partial charge in [0.1, 0.15) is 12.4 Å². The standard InChI is InChI=1S/C22H23F3N4O3/c23-22(24,25)19(5-8-26)32-12-14-1-3-15(4-2-14)29-10-7-18(31)17-11-27-21-16(20(17)29)6-9-28(21)13-30/h6-7,9-11,14-15,19,30H,1-5,12-13H2. The van der Waals surface area contributed by atoms with Crippen molar-refractivity contribution >= 4 is 21.9 Å². The molecule has 32 heavy (non-hydrogen) atoms. The molecule has 1 aliphatic rings. The second-order valence-electron chi connectivity index (χ2n) is 8.17. The Balaban J connectivity index is 1.53. The van der Waals surface area contributed by atoms with Crippen LogP contribution in [0.1, 0.15) is 38.1 Å². The second kappa shape index (κ2) is 8.92. The number of ether oxygens (including phenoxy) is 1. The fourth-order valence-electron chi connectivity index (χ4n) is 4.51. The molecule has 1 aliphatic carbocycles. The Morgan fingerprint density at radius 1 is 1.22 bits per heavy atom. The van der Waals surface area contributed by atoms with Gasteiger partial charge in [0.05, 0.1) is 30.0 Å². The van der Waals surface area contributed by atoms with E-state index in [9.17, 15) is 23.1 Å². The zero-order valence-corrected chi connectivity index (χ0v) is 17.3. The van der Waals surface area contributed by atoms with Crippen molar-refractivity contribution in [3.05, 3.63) is 40.9 Å². The average molecular weight is 448 g/mol. The molecule has 0 spiro atoms. The number of rotatable bonds is 6. The van der Waals surface area contributed by atoms with E-state index in [4.69, 9.17) is 10.00 Å². The molecule has 0 bridgehead atoms. The van der Waals surface area contributed by atoms with E-state index in [1.807, 2.05) is 10.6 Å². The summed E-state index contributed by atoms with van der Waals surface area (Å²) >= 11 is 0. The number of pyridine rings is 2. The lowest BCUT2D eigenvalue weighted by molar-refractivity contribution is -0.222. The summed E-state index contributed by atoms with van der Waals surface area (Å²) in [7, 11) is 0. The van der Waals surface area contributed by atoms with Gasteiger partial charge >= 0.3 is 6.18 Å². The highest BCUT2D eigenvalue weighted by Gasteiger charge is 2.41. The first kappa shape index (κ1) is 22.3. The van der Waals surface area contributed by atoms with E-state index < -0.39 is 18.7 Å². The van der Waals surface area contributed by atoms with Gasteiger partial charge in [-0.2, -0.15) is 18.4 Å². The predicted molar refractivity (Wildman–Crippen MR) is 111 cm³/mol. The quantitative estimate of drug-likeness (QED) is 0.618. The average Bonchev–Trinajstić information content (AvgIpc) is 3.20. The maximum atomic E-state index is 13.0. The Labute approximate surface area is 181 Å². The number of alkyl halides is 3. The smallest absolute Gasteiger partial charge is 0.376 e. The van der Waals surface area contributed by atoms with Crippen molar-refractivity contribution in [1.82, 2.24) is 14.1 Å². The van der Waals surface area contributed by atoms with Gasteiger partial charge < -0.3 is 19.0 Å². The van der Waals surface area contributed by atoms with Crippen LogP contribution >= 0.6 is 0 Å². The van der Waals surface area contributed by atoms with Gasteiger partial charge in [0.25, 0.3) is 0 Å². The van der Waals surface area contributed by atoms with Crippen LogP contribution in [0.4, 0.5) is 13.2 Å². The zero-order valence-electron chi connectivity index (χ0n) is 17.3. The van der Waals surface area contributed by atoms with E-state index in [0.29, 0.717) is 23.9 Å². The number of hydrogen-bond acceptors (Lipinski definition) is 5. The number of aliphatic hydroxyl groups excluding tert-OH is 1. The fraction of sp³-hybridized carbons (Fsp3) is 0.500. The minimum atomic E-state index is -4.55. The minimum absolute atomic E-state index is 0.0161. The Bertz CT molecular complexity index is 1200. The van der Waals surface area contributed by atoms with Gasteiger partial charge in [-0.05, 0) is 37.7 Å². The molecule has 1 unspecified atom stereocenters. The minimum Gasteiger partial charge on any atom is -0.376 e. The summed E-state index contributed by atoms with van der Waals surface area (Å²) in [5, 5.41) is 19.4. The maximum absolute atomic E-state index is 13.0. The second-order valence-corrected chi connectivity index (χ2v) is 8.17. The van der Waals surface area contributed by atoms with Gasteiger partial charge in [0, 0.05) is 36.1 Å². The number of hydrogen-bond donors (Lipinski definition) is 1. The molecule has 170 valence electrons. The van der Waals surface area contributed by atoms with Crippen LogP contribution in [0.3, 0.4) is 0 Å². The fourth-order valence-corrected chi connectivity index (χ4v) is 4.51. The Hall–Kier alpha value is -2.90. The van der Waals surface area contributed by atoms with Crippen LogP contribution < -0.4 is 5.43 Å². The van der Waals surface area contributed by atoms with Crippen molar-refractivity contribution in [2.45, 2.75) is 57.2 Å². The molecule has 0 aromatic carbocycles. The van der Waals surface area contributed by atoms with E-state index in [-0.39, 0.29) is 30.7 Å². The largest absolute Gasteiger partial charge is 0.415 e. The number of halogens is 3. The van der Waals surface area contributed by atoms with Crippen molar-refractivity contribution in [2.75, 3.05) is 6.61 Å². The van der Waals surface area contributed by atoms with Crippen LogP contribution in [0.25, 0.3) is 21.9 Å². The molecule has 4 rings (SSSR count). The third kappa shape index (κ3) is 4.23. The molecule has 3 aromatic rings. The Morgan fingerprint density at radius 2 is 1.97 bits per heavy atom. The van der Waals surface area contributed by atoms with Gasteiger partial charge in [-0.1, -0.05) is 0 Å². The first-order chi connectivity index (χ1) is 15.3. The van der Waals surface area contributed by atoms with Crippen molar-refractivity contribution in [1.29, 1.82) is 5.26 Å². The highest BCUT2D eigenvalue weighted by atomic mass is 19.4. The highest BCUT2D eigenvalue weighted by molar-refractivity contribution is 6.02. The predicted octanol–water partition coefficient (Wildman–Crippen LogP) is 3.89. The molecule has 1 N–H and O–H groups in total. The topological polar surface area (TPSA) is 93.1 Å². The molecular formula is C22H23F3N4O3. The van der Waals surface area contributed by atoms with Crippen molar-refractivity contribution in [3.63, 3.8) is 0 Å². The van der Waals surface area contributed by atoms with Crippen LogP contribution in [-0.2, 0) is 11.5 Å². The van der Waals surface area contributed by atoms with E-state index in [1.54, 1.807) is 17.0 Å². The van der Waals surface area contributed by atoms with Gasteiger partial charge in [0.2, 0.25) is 0 Å². The summed E-state index contributed by atoms with van der Waals surface area (Å²) in [5.41, 5.74) is 1.19. The monoisotopic (exact) mass is 448 g/mol. The van der Waals surface area contributed by atoms with Crippen LogP contribution in [0.15, 0.2) is 35.5 Å². The molecule has 1 atom stereocenters. The van der Waals surface area contributed by atoms with Gasteiger partial charge in [-0.3, -0.25) is 4.79 Å². The molecule has 10 heteroatoms. The summed E-state index contributed by atoms with van der Waals surface area (Å²) in [5.74, 6) is -0.0161. The zero-order chi connectivity index (χ0) is 22.9. The van der Waals surface area contributed by atoms with Crippen LogP contribution in [0.5, 0.6) is 0 Å². The van der Waals surface area contributed by atoms with Crippen LogP contribution in [0.2, 0.25) is 0 Å². The summed E-state index contributed by atoms with van der Waals surface area (Å²) in [6, 6.07) is 4.94. The van der Waals surface area contributed by atoms with Crippen LogP contribution in [-0.4, -0.2) is 38.1 Å². The lowest BCUT2D eigenvalue weighted by atomic mass is 9.86. The normalized spacial score (nSPS) is 20.5. The van der Waals surface area contributed by atoms with Crippen molar-refractivity contribution in [2.24, 2.45) is 5.92 Å². The molecule has 0 saturated heterocycles. The SMILES string of the molecule is N#CCC(OCC1CCC(n2ccc(=O)c3cnc4c(ccn4CO)c32)CC1)C(F)(F)F. The Morgan fingerprint density at radius 3 is 2.62 bits per heavy atom. The molecule has 3 heterocycles. The van der Waals surface area contributed by atoms with Gasteiger partial charge in [0.15, 0.2) is 11.5 Å². The number of aromatic nitrogens is 3. The summed E-state index contributed by atoms with van der Waals surface area (Å²) in [6.45, 7) is -0.258. The molecule has 0 aliphatic heterocycles. The summed E-state index contributed by atoms with van der Waals surface area (Å²) in [4.78, 5) is 16.8. The Kier molecular flexibility index (Phi) is 6.22. The number of aliphatic hydroxyl groups is 1. The van der Waals surface area contributed by atoms with E-state index in [2.05, 4.69) is 4.98 Å². The summed E-state index contributed by atoms with van der Waals surface area (Å²) in [6.07, 6.45) is 0.504. The van der Waals surface area contributed by atoms with Crippen molar-refractivity contribution < 1.29 is 23.0 Å². The third-order valence-corrected chi connectivity index (χ3v) is 6.21. The lowest BCUT2D eigenvalue weighted by Crippen LogP contribution is -2.33. The maximum Gasteiger partial charge on any atom is 0.415 e. The molecule has 1 saturated carbocycles. The molecule has 0 amide bonds. The first-order valence-corrected chi connectivity index (χ1v) is 10.5. The van der Waals surface area contributed by atoms with E-state index in [1.165, 1.54) is 18.3 Å². The van der Waals surface area contributed by atoms with Crippen LogP contribution in [0, 0.1) is 17.2 Å². The highest BCUT2D eigenvalue weighted by Crippen LogP contribution is 2.36. The van der Waals surface area contributed by atoms with Crippen molar-refractivity contribution in [3.8, 4) is 6.07 Å². The molecular weight excluding hydrogens is 425 g/mol. The third-order valence-electron chi connectivity index (χ3n) is 6.21. The number of fused-ring (bicyclic) bond motifs is 3. The van der Waals surface area contributed by atoms with E-state index in [0.717, 1.165) is 23.7 Å². The van der Waals surface area contributed by atoms with Gasteiger partial charge in [-0.25, -0.2) is 4.98 Å². The molecule has 7 nitrogen and oxygen atoms in total. The lowest BCUT2D eigenvalue weighted by Gasteiger charge is -2.32. The summed E-state index contributed by atoms with van der Waals surface area (Å²) < 4.78 is 47.6. The number of nitrogens with zero attached hydrogens (tertiary/aromatic N) is 4. The van der Waals surface area contributed by atoms with Gasteiger partial charge in [-0.15, -0.1) is 0 Å². The number of nitriles is 1. The molecule has 0 radical (unpaired) electrons.